The molecule has 0 radical (unpaired) electrons. The number of halogens is 1. The fourth-order valence-electron chi connectivity index (χ4n) is 3.63. The number of aryl methyl sites for hydroxylation is 1. The van der Waals surface area contributed by atoms with E-state index in [0.717, 1.165) is 16.7 Å². The molecule has 5 rings (SSSR count). The Bertz CT molecular complexity index is 1260. The summed E-state index contributed by atoms with van der Waals surface area (Å²) in [6.45, 7) is 2.04. The number of benzene rings is 3. The summed E-state index contributed by atoms with van der Waals surface area (Å²) in [6.07, 6.45) is 0. The molecule has 4 aromatic rings. The van der Waals surface area contributed by atoms with Gasteiger partial charge in [-0.15, -0.1) is 10.2 Å². The Balaban J connectivity index is 1.51. The van der Waals surface area contributed by atoms with Crippen LogP contribution < -0.4 is 10.7 Å². The third-order valence-electron chi connectivity index (χ3n) is 5.26. The molecule has 32 heavy (non-hydrogen) atoms. The molecule has 3 aromatic carbocycles. The average molecular weight is 462 g/mol. The summed E-state index contributed by atoms with van der Waals surface area (Å²) in [7, 11) is 0. The smallest absolute Gasteiger partial charge is 0.240 e. The lowest BCUT2D eigenvalue weighted by Crippen LogP contribution is -2.41. The normalized spacial score (nSPS) is 17.3. The third-order valence-corrected chi connectivity index (χ3v) is 6.71. The minimum absolute atomic E-state index is 0.133. The minimum Gasteiger partial charge on any atom is -0.325 e. The summed E-state index contributed by atoms with van der Waals surface area (Å²) >= 11 is 7.48. The molecule has 160 valence electrons. The zero-order chi connectivity index (χ0) is 22.1. The van der Waals surface area contributed by atoms with Crippen LogP contribution in [0.2, 0.25) is 5.02 Å². The van der Waals surface area contributed by atoms with Crippen LogP contribution in [0.3, 0.4) is 0 Å². The Morgan fingerprint density at radius 1 is 1.03 bits per heavy atom. The molecule has 1 aromatic heterocycles. The second-order valence-corrected chi connectivity index (χ2v) is 9.11. The van der Waals surface area contributed by atoms with Gasteiger partial charge in [0, 0.05) is 16.3 Å². The molecule has 0 saturated carbocycles. The van der Waals surface area contributed by atoms with Crippen molar-refractivity contribution in [2.75, 3.05) is 10.7 Å². The zero-order valence-corrected chi connectivity index (χ0v) is 18.8. The zero-order valence-electron chi connectivity index (χ0n) is 17.2. The van der Waals surface area contributed by atoms with Gasteiger partial charge in [0.25, 0.3) is 0 Å². The first kappa shape index (κ1) is 20.6. The lowest BCUT2D eigenvalue weighted by atomic mass is 10.0. The van der Waals surface area contributed by atoms with Gasteiger partial charge in [-0.05, 0) is 30.7 Å². The number of aromatic nitrogens is 3. The van der Waals surface area contributed by atoms with E-state index in [1.165, 1.54) is 11.8 Å². The first-order chi connectivity index (χ1) is 15.6. The Hall–Kier alpha value is -3.29. The summed E-state index contributed by atoms with van der Waals surface area (Å²) in [4.78, 5) is 13.3. The molecule has 1 aliphatic rings. The lowest BCUT2D eigenvalue weighted by molar-refractivity contribution is -0.116. The van der Waals surface area contributed by atoms with Gasteiger partial charge in [-0.25, -0.2) is 4.68 Å². The Kier molecular flexibility index (Phi) is 5.59. The summed E-state index contributed by atoms with van der Waals surface area (Å²) in [5.74, 6) is 0.574. The molecular formula is C24H20ClN5OS. The van der Waals surface area contributed by atoms with E-state index >= 15 is 0 Å². The highest BCUT2D eigenvalue weighted by Gasteiger charge is 2.38. The van der Waals surface area contributed by atoms with Gasteiger partial charge in [0.2, 0.25) is 11.1 Å². The number of fused-ring (bicyclic) bond motifs is 1. The van der Waals surface area contributed by atoms with E-state index < -0.39 is 5.25 Å². The van der Waals surface area contributed by atoms with Crippen molar-refractivity contribution in [3.05, 3.63) is 95.0 Å². The van der Waals surface area contributed by atoms with E-state index in [-0.39, 0.29) is 11.9 Å². The number of rotatable bonds is 4. The number of amides is 1. The first-order valence-corrected chi connectivity index (χ1v) is 11.4. The van der Waals surface area contributed by atoms with Crippen LogP contribution in [-0.2, 0) is 4.79 Å². The molecule has 2 atom stereocenters. The molecule has 0 unspecified atom stereocenters. The van der Waals surface area contributed by atoms with Crippen LogP contribution in [-0.4, -0.2) is 26.0 Å². The predicted octanol–water partition coefficient (Wildman–Crippen LogP) is 5.30. The number of nitrogens with one attached hydrogen (secondary N) is 2. The van der Waals surface area contributed by atoms with Gasteiger partial charge in [0.1, 0.15) is 5.25 Å². The maximum atomic E-state index is 13.3. The fraction of sp³-hybridized carbons (Fsp3) is 0.125. The van der Waals surface area contributed by atoms with Crippen LogP contribution in [0.15, 0.2) is 84.0 Å². The summed E-state index contributed by atoms with van der Waals surface area (Å²) in [5, 5.41) is 12.5. The summed E-state index contributed by atoms with van der Waals surface area (Å²) in [6, 6.07) is 24.9. The number of nitrogens with zero attached hydrogens (tertiary/aromatic N) is 3. The molecule has 0 fully saturated rings. The van der Waals surface area contributed by atoms with Crippen molar-refractivity contribution < 1.29 is 4.79 Å². The average Bonchev–Trinajstić information content (AvgIpc) is 3.22. The maximum Gasteiger partial charge on any atom is 0.240 e. The first-order valence-electron chi connectivity index (χ1n) is 10.2. The van der Waals surface area contributed by atoms with Gasteiger partial charge in [-0.3, -0.25) is 4.79 Å². The van der Waals surface area contributed by atoms with Crippen molar-refractivity contribution >= 4 is 35.0 Å². The Morgan fingerprint density at radius 3 is 2.56 bits per heavy atom. The lowest BCUT2D eigenvalue weighted by Gasteiger charge is -2.33. The highest BCUT2D eigenvalue weighted by Crippen LogP contribution is 2.39. The Labute approximate surface area is 195 Å². The van der Waals surface area contributed by atoms with Gasteiger partial charge in [0.05, 0.1) is 6.04 Å². The van der Waals surface area contributed by atoms with Crippen LogP contribution in [0.1, 0.15) is 17.2 Å². The van der Waals surface area contributed by atoms with E-state index in [1.54, 1.807) is 12.1 Å². The van der Waals surface area contributed by atoms with Crippen LogP contribution in [0.4, 0.5) is 5.69 Å². The molecule has 2 N–H and O–H groups in total. The van der Waals surface area contributed by atoms with Crippen molar-refractivity contribution in [1.29, 1.82) is 0 Å². The van der Waals surface area contributed by atoms with E-state index in [2.05, 4.69) is 20.9 Å². The number of carbonyl (C=O) groups excluding carboxylic acids is 1. The van der Waals surface area contributed by atoms with Gasteiger partial charge in [0.15, 0.2) is 5.82 Å². The van der Waals surface area contributed by atoms with Gasteiger partial charge in [-0.1, -0.05) is 89.6 Å². The molecule has 0 aliphatic carbocycles. The van der Waals surface area contributed by atoms with Crippen LogP contribution in [0, 0.1) is 6.92 Å². The molecule has 1 amide bonds. The largest absolute Gasteiger partial charge is 0.325 e. The van der Waals surface area contributed by atoms with Gasteiger partial charge in [-0.2, -0.15) is 0 Å². The maximum absolute atomic E-state index is 13.3. The highest BCUT2D eigenvalue weighted by molar-refractivity contribution is 8.00. The number of hydrogen-bond acceptors (Lipinski definition) is 5. The molecule has 0 spiro atoms. The van der Waals surface area contributed by atoms with E-state index in [0.29, 0.717) is 21.7 Å². The molecular weight excluding hydrogens is 442 g/mol. The standard InChI is InChI=1S/C24H20ClN5OS/c1-15-10-12-16(13-11-15)20-21(23(31)26-19-9-5-8-18(25)14-19)32-24-28-27-22(30(24)29-20)17-6-3-2-4-7-17/h2-14,20-21,29H,1H3,(H,26,31)/t20-,21+/m0/s1. The van der Waals surface area contributed by atoms with Crippen LogP contribution in [0.5, 0.6) is 0 Å². The topological polar surface area (TPSA) is 71.8 Å². The highest BCUT2D eigenvalue weighted by atomic mass is 35.5. The summed E-state index contributed by atoms with van der Waals surface area (Å²) < 4.78 is 1.87. The van der Waals surface area contributed by atoms with Gasteiger partial charge >= 0.3 is 0 Å². The molecule has 0 saturated heterocycles. The summed E-state index contributed by atoms with van der Waals surface area (Å²) in [5.41, 5.74) is 7.26. The molecule has 8 heteroatoms. The number of hydrogen-bond donors (Lipinski definition) is 2. The third kappa shape index (κ3) is 4.09. The Morgan fingerprint density at radius 2 is 1.81 bits per heavy atom. The monoisotopic (exact) mass is 461 g/mol. The fourth-order valence-corrected chi connectivity index (χ4v) is 4.90. The predicted molar refractivity (Wildman–Crippen MR) is 128 cm³/mol. The number of thioether (sulfide) groups is 1. The second kappa shape index (κ2) is 8.68. The SMILES string of the molecule is Cc1ccc([C@@H]2Nn3c(nnc3-c3ccccc3)S[C@H]2C(=O)Nc2cccc(Cl)c2)cc1. The van der Waals surface area contributed by atoms with Crippen molar-refractivity contribution in [1.82, 2.24) is 14.9 Å². The van der Waals surface area contributed by atoms with E-state index in [1.807, 2.05) is 78.3 Å². The molecule has 2 heterocycles. The van der Waals surface area contributed by atoms with Crippen molar-refractivity contribution in [2.45, 2.75) is 23.4 Å². The number of carbonyl (C=O) groups is 1. The van der Waals surface area contributed by atoms with E-state index in [4.69, 9.17) is 11.6 Å². The van der Waals surface area contributed by atoms with Gasteiger partial charge < -0.3 is 10.7 Å². The van der Waals surface area contributed by atoms with Crippen molar-refractivity contribution in [3.8, 4) is 11.4 Å². The van der Waals surface area contributed by atoms with E-state index in [9.17, 15) is 4.79 Å². The quantitative estimate of drug-likeness (QED) is 0.431. The van der Waals surface area contributed by atoms with Crippen LogP contribution in [0.25, 0.3) is 11.4 Å². The van der Waals surface area contributed by atoms with Crippen molar-refractivity contribution in [2.24, 2.45) is 0 Å². The molecule has 0 bridgehead atoms. The minimum atomic E-state index is -0.461. The van der Waals surface area contributed by atoms with Crippen LogP contribution >= 0.6 is 23.4 Å². The molecule has 1 aliphatic heterocycles. The second-order valence-electron chi connectivity index (χ2n) is 7.56. The van der Waals surface area contributed by atoms with Crippen molar-refractivity contribution in [3.63, 3.8) is 0 Å². The number of anilines is 1. The molecule has 6 nitrogen and oxygen atoms in total.